The molecule has 1 amide bonds. The summed E-state index contributed by atoms with van der Waals surface area (Å²) in [5, 5.41) is 9.65. The standard InChI is InChI=1S/C21H31N5OS/c1-5-24-11-13-25(14-12-24)20(27)18-9-7-17(8-10-18)15-28-21-23-22-19(16(3)4)26(21)6-2/h7-10,16H,5-6,11-15H2,1-4H3. The van der Waals surface area contributed by atoms with E-state index in [1.54, 1.807) is 11.8 Å². The van der Waals surface area contributed by atoms with Gasteiger partial charge in [0.05, 0.1) is 0 Å². The third-order valence-electron chi connectivity index (χ3n) is 5.25. The molecule has 3 rings (SSSR count). The normalized spacial score (nSPS) is 15.4. The smallest absolute Gasteiger partial charge is 0.253 e. The van der Waals surface area contributed by atoms with Crippen LogP contribution < -0.4 is 0 Å². The van der Waals surface area contributed by atoms with Crippen LogP contribution in [0.3, 0.4) is 0 Å². The molecule has 1 aromatic carbocycles. The summed E-state index contributed by atoms with van der Waals surface area (Å²) < 4.78 is 2.18. The Kier molecular flexibility index (Phi) is 7.13. The number of carbonyl (C=O) groups is 1. The number of carbonyl (C=O) groups excluding carboxylic acids is 1. The van der Waals surface area contributed by atoms with Crippen LogP contribution in [-0.2, 0) is 12.3 Å². The lowest BCUT2D eigenvalue weighted by Crippen LogP contribution is -2.48. The molecule has 1 fully saturated rings. The number of hydrogen-bond donors (Lipinski definition) is 0. The van der Waals surface area contributed by atoms with Crippen molar-refractivity contribution in [2.75, 3.05) is 32.7 Å². The number of aromatic nitrogens is 3. The summed E-state index contributed by atoms with van der Waals surface area (Å²) in [6.45, 7) is 14.1. The fraction of sp³-hybridized carbons (Fsp3) is 0.571. The Hall–Kier alpha value is -1.86. The number of nitrogens with zero attached hydrogens (tertiary/aromatic N) is 5. The quantitative estimate of drug-likeness (QED) is 0.665. The molecule has 2 aromatic rings. The maximum absolute atomic E-state index is 12.7. The minimum absolute atomic E-state index is 0.141. The second kappa shape index (κ2) is 9.56. The average Bonchev–Trinajstić information content (AvgIpc) is 3.15. The monoisotopic (exact) mass is 401 g/mol. The molecule has 1 aliphatic rings. The van der Waals surface area contributed by atoms with Gasteiger partial charge in [-0.05, 0) is 31.2 Å². The summed E-state index contributed by atoms with van der Waals surface area (Å²) in [6, 6.07) is 8.01. The van der Waals surface area contributed by atoms with Gasteiger partial charge in [0.2, 0.25) is 0 Å². The second-order valence-corrected chi connectivity index (χ2v) is 8.39. The van der Waals surface area contributed by atoms with Crippen LogP contribution in [0.1, 0.15) is 55.4 Å². The molecule has 0 bridgehead atoms. The topological polar surface area (TPSA) is 54.3 Å². The van der Waals surface area contributed by atoms with Gasteiger partial charge in [-0.2, -0.15) is 0 Å². The highest BCUT2D eigenvalue weighted by Gasteiger charge is 2.21. The molecule has 152 valence electrons. The molecule has 1 aromatic heterocycles. The first kappa shape index (κ1) is 20.9. The van der Waals surface area contributed by atoms with E-state index in [2.05, 4.69) is 59.5 Å². The van der Waals surface area contributed by atoms with Gasteiger partial charge in [-0.1, -0.05) is 44.7 Å². The van der Waals surface area contributed by atoms with Gasteiger partial charge >= 0.3 is 0 Å². The maximum atomic E-state index is 12.7. The van der Waals surface area contributed by atoms with Gasteiger partial charge in [0.15, 0.2) is 5.16 Å². The summed E-state index contributed by atoms with van der Waals surface area (Å²) in [7, 11) is 0. The number of rotatable bonds is 7. The summed E-state index contributed by atoms with van der Waals surface area (Å²) in [5.74, 6) is 2.36. The van der Waals surface area contributed by atoms with Gasteiger partial charge in [-0.3, -0.25) is 4.79 Å². The molecule has 0 spiro atoms. The van der Waals surface area contributed by atoms with E-state index < -0.39 is 0 Å². The van der Waals surface area contributed by atoms with Crippen LogP contribution in [0.25, 0.3) is 0 Å². The Labute approximate surface area is 172 Å². The van der Waals surface area contributed by atoms with Gasteiger partial charge in [0.1, 0.15) is 5.82 Å². The van der Waals surface area contributed by atoms with Crippen molar-refractivity contribution in [2.24, 2.45) is 0 Å². The molecule has 2 heterocycles. The van der Waals surface area contributed by atoms with Crippen LogP contribution in [-0.4, -0.2) is 63.2 Å². The number of amides is 1. The highest BCUT2D eigenvalue weighted by atomic mass is 32.2. The van der Waals surface area contributed by atoms with Crippen LogP contribution in [0.15, 0.2) is 29.4 Å². The number of hydrogen-bond acceptors (Lipinski definition) is 5. The first-order chi connectivity index (χ1) is 13.5. The molecular weight excluding hydrogens is 370 g/mol. The van der Waals surface area contributed by atoms with Crippen LogP contribution >= 0.6 is 11.8 Å². The largest absolute Gasteiger partial charge is 0.336 e. The third-order valence-corrected chi connectivity index (χ3v) is 6.29. The summed E-state index contributed by atoms with van der Waals surface area (Å²) in [4.78, 5) is 17.1. The van der Waals surface area contributed by atoms with E-state index in [0.29, 0.717) is 5.92 Å². The predicted molar refractivity (Wildman–Crippen MR) is 114 cm³/mol. The number of thioether (sulfide) groups is 1. The van der Waals surface area contributed by atoms with Gasteiger partial charge in [0.25, 0.3) is 5.91 Å². The van der Waals surface area contributed by atoms with Crippen molar-refractivity contribution < 1.29 is 4.79 Å². The van der Waals surface area contributed by atoms with E-state index >= 15 is 0 Å². The molecular formula is C21H31N5OS. The van der Waals surface area contributed by atoms with E-state index in [4.69, 9.17) is 0 Å². The van der Waals surface area contributed by atoms with Crippen molar-refractivity contribution in [1.29, 1.82) is 0 Å². The van der Waals surface area contributed by atoms with E-state index in [1.165, 1.54) is 5.56 Å². The lowest BCUT2D eigenvalue weighted by molar-refractivity contribution is 0.0643. The molecule has 0 unspecified atom stereocenters. The summed E-state index contributed by atoms with van der Waals surface area (Å²) >= 11 is 1.70. The summed E-state index contributed by atoms with van der Waals surface area (Å²) in [6.07, 6.45) is 0. The molecule has 1 aliphatic heterocycles. The lowest BCUT2D eigenvalue weighted by atomic mass is 10.1. The van der Waals surface area contributed by atoms with Crippen LogP contribution in [0, 0.1) is 0 Å². The predicted octanol–water partition coefficient (Wildman–Crippen LogP) is 3.49. The molecule has 1 saturated heterocycles. The van der Waals surface area contributed by atoms with Crippen molar-refractivity contribution in [3.63, 3.8) is 0 Å². The molecule has 0 saturated carbocycles. The Morgan fingerprint density at radius 3 is 2.29 bits per heavy atom. The fourth-order valence-electron chi connectivity index (χ4n) is 3.47. The van der Waals surface area contributed by atoms with Crippen LogP contribution in [0.4, 0.5) is 0 Å². The molecule has 0 aliphatic carbocycles. The Morgan fingerprint density at radius 1 is 1.04 bits per heavy atom. The molecule has 0 radical (unpaired) electrons. The van der Waals surface area contributed by atoms with Crippen molar-refractivity contribution in [3.05, 3.63) is 41.2 Å². The molecule has 0 N–H and O–H groups in total. The molecule has 7 heteroatoms. The minimum Gasteiger partial charge on any atom is -0.336 e. The third kappa shape index (κ3) is 4.75. The maximum Gasteiger partial charge on any atom is 0.253 e. The zero-order chi connectivity index (χ0) is 20.1. The van der Waals surface area contributed by atoms with Gasteiger partial charge in [0, 0.05) is 50.0 Å². The number of likely N-dealkylation sites (N-methyl/N-ethyl adjacent to an activating group) is 1. The zero-order valence-electron chi connectivity index (χ0n) is 17.4. The molecule has 0 atom stereocenters. The van der Waals surface area contributed by atoms with E-state index in [0.717, 1.165) is 61.6 Å². The van der Waals surface area contributed by atoms with Crippen molar-refractivity contribution in [3.8, 4) is 0 Å². The van der Waals surface area contributed by atoms with Crippen molar-refractivity contribution >= 4 is 17.7 Å². The number of benzene rings is 1. The zero-order valence-corrected chi connectivity index (χ0v) is 18.2. The van der Waals surface area contributed by atoms with Crippen LogP contribution in [0.2, 0.25) is 0 Å². The Balaban J connectivity index is 1.58. The number of piperazine rings is 1. The minimum atomic E-state index is 0.141. The van der Waals surface area contributed by atoms with E-state index in [-0.39, 0.29) is 5.91 Å². The second-order valence-electron chi connectivity index (χ2n) is 7.45. The van der Waals surface area contributed by atoms with Gasteiger partial charge in [-0.15, -0.1) is 10.2 Å². The lowest BCUT2D eigenvalue weighted by Gasteiger charge is -2.34. The van der Waals surface area contributed by atoms with Gasteiger partial charge < -0.3 is 14.4 Å². The SMILES string of the molecule is CCN1CCN(C(=O)c2ccc(CSc3nnc(C(C)C)n3CC)cc2)CC1. The highest BCUT2D eigenvalue weighted by Crippen LogP contribution is 2.24. The Morgan fingerprint density at radius 2 is 1.71 bits per heavy atom. The highest BCUT2D eigenvalue weighted by molar-refractivity contribution is 7.98. The summed E-state index contributed by atoms with van der Waals surface area (Å²) in [5.41, 5.74) is 1.96. The van der Waals surface area contributed by atoms with Crippen LogP contribution in [0.5, 0.6) is 0 Å². The van der Waals surface area contributed by atoms with E-state index in [9.17, 15) is 4.79 Å². The first-order valence-corrected chi connectivity index (χ1v) is 11.2. The Bertz CT molecular complexity index is 779. The molecule has 6 nitrogen and oxygen atoms in total. The fourth-order valence-corrected chi connectivity index (χ4v) is 4.44. The van der Waals surface area contributed by atoms with Crippen molar-refractivity contribution in [1.82, 2.24) is 24.6 Å². The van der Waals surface area contributed by atoms with Crippen molar-refractivity contribution in [2.45, 2.75) is 51.1 Å². The van der Waals surface area contributed by atoms with E-state index in [1.807, 2.05) is 17.0 Å². The molecule has 28 heavy (non-hydrogen) atoms. The van der Waals surface area contributed by atoms with Gasteiger partial charge in [-0.25, -0.2) is 0 Å². The average molecular weight is 402 g/mol. The first-order valence-electron chi connectivity index (χ1n) is 10.2.